The van der Waals surface area contributed by atoms with Crippen molar-refractivity contribution in [3.8, 4) is 0 Å². The zero-order chi connectivity index (χ0) is 17.1. The summed E-state index contributed by atoms with van der Waals surface area (Å²) in [5, 5.41) is 5.39. The number of amides is 2. The van der Waals surface area contributed by atoms with Crippen LogP contribution in [0.3, 0.4) is 0 Å². The summed E-state index contributed by atoms with van der Waals surface area (Å²) < 4.78 is 10.8. The molecule has 1 aliphatic heterocycles. The molecule has 1 aromatic heterocycles. The third-order valence-corrected chi connectivity index (χ3v) is 4.16. The highest BCUT2D eigenvalue weighted by molar-refractivity contribution is 5.93. The molecule has 0 bridgehead atoms. The Morgan fingerprint density at radius 3 is 2.79 bits per heavy atom. The van der Waals surface area contributed by atoms with Crippen LogP contribution in [0.1, 0.15) is 31.3 Å². The molecule has 1 aromatic rings. The molecule has 0 unspecified atom stereocenters. The van der Waals surface area contributed by atoms with Crippen LogP contribution in [0.4, 0.5) is 4.79 Å². The number of ether oxygens (including phenoxy) is 1. The molecule has 2 aliphatic rings. The van der Waals surface area contributed by atoms with Gasteiger partial charge in [-0.05, 0) is 38.8 Å². The summed E-state index contributed by atoms with van der Waals surface area (Å²) in [6.07, 6.45) is 2.24. The standard InChI is InChI=1S/C17H23N3O4/c1-3-23-16(21)14-8-18-17(22)19-15(14)10-20(12-5-6-12)9-13-7-4-11(2)24-13/h4,7,12H,3,5-6,8-10H2,1-2H3,(H2,18,19,22). The van der Waals surface area contributed by atoms with Crippen LogP contribution in [0.5, 0.6) is 0 Å². The van der Waals surface area contributed by atoms with Crippen molar-refractivity contribution >= 4 is 12.0 Å². The Bertz CT molecular complexity index is 661. The fourth-order valence-corrected chi connectivity index (χ4v) is 2.81. The number of furan rings is 1. The van der Waals surface area contributed by atoms with Crippen LogP contribution in [0, 0.1) is 6.92 Å². The molecule has 130 valence electrons. The van der Waals surface area contributed by atoms with E-state index in [0.29, 0.717) is 37.0 Å². The SMILES string of the molecule is CCOC(=O)C1=C(CN(Cc2ccc(C)o2)C2CC2)NC(=O)NC1. The molecule has 0 radical (unpaired) electrons. The van der Waals surface area contributed by atoms with Gasteiger partial charge in [-0.15, -0.1) is 0 Å². The van der Waals surface area contributed by atoms with Crippen LogP contribution in [-0.4, -0.2) is 42.6 Å². The van der Waals surface area contributed by atoms with Gasteiger partial charge in [0, 0.05) is 18.3 Å². The van der Waals surface area contributed by atoms with Crippen molar-refractivity contribution in [1.29, 1.82) is 0 Å². The highest BCUT2D eigenvalue weighted by Crippen LogP contribution is 2.29. The van der Waals surface area contributed by atoms with Gasteiger partial charge in [0.2, 0.25) is 0 Å². The molecule has 2 N–H and O–H groups in total. The first-order chi connectivity index (χ1) is 11.6. The molecule has 7 heteroatoms. The average molecular weight is 333 g/mol. The number of nitrogens with one attached hydrogen (secondary N) is 2. The van der Waals surface area contributed by atoms with Gasteiger partial charge in [0.05, 0.1) is 25.3 Å². The highest BCUT2D eigenvalue weighted by Gasteiger charge is 2.32. The summed E-state index contributed by atoms with van der Waals surface area (Å²) in [6, 6.07) is 4.07. The summed E-state index contributed by atoms with van der Waals surface area (Å²) in [7, 11) is 0. The van der Waals surface area contributed by atoms with Gasteiger partial charge >= 0.3 is 12.0 Å². The number of rotatable bonds is 7. The number of hydrogen-bond donors (Lipinski definition) is 2. The molecule has 7 nitrogen and oxygen atoms in total. The topological polar surface area (TPSA) is 83.8 Å². The summed E-state index contributed by atoms with van der Waals surface area (Å²) in [5.41, 5.74) is 1.10. The lowest BCUT2D eigenvalue weighted by molar-refractivity contribution is -0.138. The molecule has 0 spiro atoms. The third kappa shape index (κ3) is 3.97. The zero-order valence-corrected chi connectivity index (χ0v) is 14.1. The van der Waals surface area contributed by atoms with E-state index in [9.17, 15) is 9.59 Å². The minimum Gasteiger partial charge on any atom is -0.465 e. The molecule has 0 aromatic carbocycles. The first kappa shape index (κ1) is 16.6. The highest BCUT2D eigenvalue weighted by atomic mass is 16.5. The summed E-state index contributed by atoms with van der Waals surface area (Å²) in [6.45, 7) is 5.33. The van der Waals surface area contributed by atoms with Crippen molar-refractivity contribution in [3.05, 3.63) is 34.9 Å². The number of aryl methyl sites for hydroxylation is 1. The van der Waals surface area contributed by atoms with Crippen molar-refractivity contribution in [2.45, 2.75) is 39.3 Å². The number of carbonyl (C=O) groups is 2. The number of nitrogens with zero attached hydrogens (tertiary/aromatic N) is 1. The van der Waals surface area contributed by atoms with Crippen LogP contribution in [0.25, 0.3) is 0 Å². The first-order valence-corrected chi connectivity index (χ1v) is 8.30. The molecule has 24 heavy (non-hydrogen) atoms. The molecule has 3 rings (SSSR count). The van der Waals surface area contributed by atoms with Crippen molar-refractivity contribution in [2.75, 3.05) is 19.7 Å². The monoisotopic (exact) mass is 333 g/mol. The summed E-state index contributed by atoms with van der Waals surface area (Å²) in [5.74, 6) is 1.38. The molecule has 0 atom stereocenters. The van der Waals surface area contributed by atoms with E-state index in [4.69, 9.17) is 9.15 Å². The van der Waals surface area contributed by atoms with Gasteiger partial charge in [-0.1, -0.05) is 0 Å². The number of hydrogen-bond acceptors (Lipinski definition) is 5. The lowest BCUT2D eigenvalue weighted by Gasteiger charge is -2.27. The Morgan fingerprint density at radius 2 is 2.17 bits per heavy atom. The molecule has 0 saturated heterocycles. The second-order valence-corrected chi connectivity index (χ2v) is 6.13. The van der Waals surface area contributed by atoms with Crippen molar-refractivity contribution in [1.82, 2.24) is 15.5 Å². The molecule has 1 aliphatic carbocycles. The fraction of sp³-hybridized carbons (Fsp3) is 0.529. The molecule has 1 saturated carbocycles. The van der Waals surface area contributed by atoms with Crippen LogP contribution >= 0.6 is 0 Å². The first-order valence-electron chi connectivity index (χ1n) is 8.30. The molecular weight excluding hydrogens is 310 g/mol. The molecular formula is C17H23N3O4. The largest absolute Gasteiger partial charge is 0.465 e. The van der Waals surface area contributed by atoms with E-state index in [2.05, 4.69) is 15.5 Å². The van der Waals surface area contributed by atoms with E-state index in [1.807, 2.05) is 19.1 Å². The van der Waals surface area contributed by atoms with Gasteiger partial charge in [-0.25, -0.2) is 9.59 Å². The third-order valence-electron chi connectivity index (χ3n) is 4.16. The predicted molar refractivity (Wildman–Crippen MR) is 87.1 cm³/mol. The van der Waals surface area contributed by atoms with Crippen LogP contribution in [0.2, 0.25) is 0 Å². The molecule has 2 amide bonds. The second-order valence-electron chi connectivity index (χ2n) is 6.13. The summed E-state index contributed by atoms with van der Waals surface area (Å²) >= 11 is 0. The van der Waals surface area contributed by atoms with E-state index in [1.54, 1.807) is 6.92 Å². The number of carbonyl (C=O) groups excluding carboxylic acids is 2. The van der Waals surface area contributed by atoms with Gasteiger partial charge < -0.3 is 19.8 Å². The minimum atomic E-state index is -0.385. The van der Waals surface area contributed by atoms with Gasteiger partial charge in [-0.3, -0.25) is 4.90 Å². The Kier molecular flexibility index (Phi) is 4.89. The smallest absolute Gasteiger partial charge is 0.337 e. The lowest BCUT2D eigenvalue weighted by atomic mass is 10.1. The Morgan fingerprint density at radius 1 is 1.38 bits per heavy atom. The fourth-order valence-electron chi connectivity index (χ4n) is 2.81. The molecule has 2 heterocycles. The van der Waals surface area contributed by atoms with Gasteiger partial charge in [0.1, 0.15) is 11.5 Å². The van der Waals surface area contributed by atoms with Gasteiger partial charge in [-0.2, -0.15) is 0 Å². The van der Waals surface area contributed by atoms with Crippen LogP contribution in [-0.2, 0) is 16.1 Å². The number of esters is 1. The Balaban J connectivity index is 1.77. The maximum absolute atomic E-state index is 12.1. The predicted octanol–water partition coefficient (Wildman–Crippen LogP) is 1.68. The number of urea groups is 1. The van der Waals surface area contributed by atoms with E-state index in [1.165, 1.54) is 0 Å². The summed E-state index contributed by atoms with van der Waals surface area (Å²) in [4.78, 5) is 26.1. The van der Waals surface area contributed by atoms with E-state index >= 15 is 0 Å². The van der Waals surface area contributed by atoms with E-state index < -0.39 is 0 Å². The second kappa shape index (κ2) is 7.09. The maximum Gasteiger partial charge on any atom is 0.337 e. The van der Waals surface area contributed by atoms with E-state index in [-0.39, 0.29) is 18.5 Å². The maximum atomic E-state index is 12.1. The lowest BCUT2D eigenvalue weighted by Crippen LogP contribution is -2.47. The van der Waals surface area contributed by atoms with Crippen molar-refractivity contribution in [3.63, 3.8) is 0 Å². The van der Waals surface area contributed by atoms with Crippen molar-refractivity contribution < 1.29 is 18.7 Å². The van der Waals surface area contributed by atoms with E-state index in [0.717, 1.165) is 24.4 Å². The van der Waals surface area contributed by atoms with Crippen LogP contribution < -0.4 is 10.6 Å². The van der Waals surface area contributed by atoms with Gasteiger partial charge in [0.25, 0.3) is 0 Å². The van der Waals surface area contributed by atoms with Crippen LogP contribution in [0.15, 0.2) is 27.8 Å². The quantitative estimate of drug-likeness (QED) is 0.742. The van der Waals surface area contributed by atoms with Crippen molar-refractivity contribution in [2.24, 2.45) is 0 Å². The van der Waals surface area contributed by atoms with Gasteiger partial charge in [0.15, 0.2) is 0 Å². The Hall–Kier alpha value is -2.28. The molecule has 1 fully saturated rings. The Labute approximate surface area is 141 Å². The average Bonchev–Trinajstić information content (AvgIpc) is 3.30. The minimum absolute atomic E-state index is 0.193. The normalized spacial score (nSPS) is 17.7. The zero-order valence-electron chi connectivity index (χ0n) is 14.1.